The van der Waals surface area contributed by atoms with Gasteiger partial charge in [-0.25, -0.2) is 4.98 Å². The van der Waals surface area contributed by atoms with Gasteiger partial charge in [-0.1, -0.05) is 47.5 Å². The molecule has 0 bridgehead atoms. The Morgan fingerprint density at radius 2 is 1.74 bits per heavy atom. The second kappa shape index (κ2) is 8.22. The summed E-state index contributed by atoms with van der Waals surface area (Å²) in [6.07, 6.45) is 0. The average molecular weight is 415 g/mol. The second-order valence-electron chi connectivity index (χ2n) is 7.88. The number of para-hydroxylation sites is 1. The van der Waals surface area contributed by atoms with E-state index in [-0.39, 0.29) is 5.91 Å². The number of fused-ring (bicyclic) bond motifs is 1. The molecule has 1 amide bonds. The third-order valence-electron chi connectivity index (χ3n) is 5.38. The second-order valence-corrected chi connectivity index (χ2v) is 7.88. The van der Waals surface area contributed by atoms with Gasteiger partial charge in [0.1, 0.15) is 0 Å². The van der Waals surface area contributed by atoms with Crippen molar-refractivity contribution in [3.8, 4) is 5.88 Å². The van der Waals surface area contributed by atoms with Gasteiger partial charge in [-0.15, -0.1) is 0 Å². The van der Waals surface area contributed by atoms with Crippen LogP contribution in [0, 0.1) is 27.7 Å². The van der Waals surface area contributed by atoms with Crippen molar-refractivity contribution in [3.05, 3.63) is 82.2 Å². The molecule has 0 aliphatic rings. The quantitative estimate of drug-likeness (QED) is 0.500. The Bertz CT molecular complexity index is 1270. The Morgan fingerprint density at radius 1 is 1.03 bits per heavy atom. The molecule has 0 saturated heterocycles. The van der Waals surface area contributed by atoms with Gasteiger partial charge in [0.15, 0.2) is 0 Å². The van der Waals surface area contributed by atoms with Gasteiger partial charge in [0, 0.05) is 11.5 Å². The molecule has 6 heteroatoms. The molecule has 0 unspecified atom stereocenters. The van der Waals surface area contributed by atoms with Gasteiger partial charge >= 0.3 is 0 Å². The molecule has 0 aliphatic heterocycles. The molecule has 0 fully saturated rings. The molecule has 4 aromatic rings. The highest BCUT2D eigenvalue weighted by Gasteiger charge is 2.18. The Hall–Kier alpha value is -3.67. The molecule has 2 aromatic heterocycles. The smallest absolute Gasteiger partial charge is 0.256 e. The van der Waals surface area contributed by atoms with E-state index < -0.39 is 0 Å². The SMILES string of the molecule is COc1cc(C(=O)Nc2c(C)nn(Cc3cc(C)cc(C)c3)c2C)c2ccccc2n1. The number of aromatic nitrogens is 3. The number of hydrogen-bond donors (Lipinski definition) is 1. The van der Waals surface area contributed by atoms with E-state index >= 15 is 0 Å². The lowest BCUT2D eigenvalue weighted by molar-refractivity contribution is 0.102. The van der Waals surface area contributed by atoms with Gasteiger partial charge in [0.05, 0.1) is 41.8 Å². The Morgan fingerprint density at radius 3 is 2.45 bits per heavy atom. The Kier molecular flexibility index (Phi) is 5.46. The largest absolute Gasteiger partial charge is 0.481 e. The third kappa shape index (κ3) is 4.14. The third-order valence-corrected chi connectivity index (χ3v) is 5.38. The number of hydrogen-bond acceptors (Lipinski definition) is 4. The Labute approximate surface area is 181 Å². The van der Waals surface area contributed by atoms with Crippen molar-refractivity contribution >= 4 is 22.5 Å². The van der Waals surface area contributed by atoms with Crippen LogP contribution in [-0.4, -0.2) is 27.8 Å². The van der Waals surface area contributed by atoms with Crippen LogP contribution in [0.15, 0.2) is 48.5 Å². The number of nitrogens with one attached hydrogen (secondary N) is 1. The monoisotopic (exact) mass is 414 g/mol. The number of benzene rings is 2. The zero-order valence-electron chi connectivity index (χ0n) is 18.5. The van der Waals surface area contributed by atoms with E-state index in [0.717, 1.165) is 22.5 Å². The number of anilines is 1. The van der Waals surface area contributed by atoms with Crippen molar-refractivity contribution in [3.63, 3.8) is 0 Å². The van der Waals surface area contributed by atoms with Crippen LogP contribution in [0.1, 0.15) is 38.4 Å². The van der Waals surface area contributed by atoms with Crippen LogP contribution in [0.3, 0.4) is 0 Å². The normalized spacial score (nSPS) is 11.0. The molecule has 0 aliphatic carbocycles. The van der Waals surface area contributed by atoms with Crippen molar-refractivity contribution in [2.24, 2.45) is 0 Å². The molecule has 2 aromatic carbocycles. The van der Waals surface area contributed by atoms with Crippen molar-refractivity contribution in [2.75, 3.05) is 12.4 Å². The molecule has 0 spiro atoms. The average Bonchev–Trinajstić information content (AvgIpc) is 2.99. The summed E-state index contributed by atoms with van der Waals surface area (Å²) in [5.41, 5.74) is 7.29. The fraction of sp³-hybridized carbons (Fsp3) is 0.240. The summed E-state index contributed by atoms with van der Waals surface area (Å²) in [6.45, 7) is 8.72. The minimum atomic E-state index is -0.214. The molecule has 158 valence electrons. The lowest BCUT2D eigenvalue weighted by atomic mass is 10.1. The summed E-state index contributed by atoms with van der Waals surface area (Å²) in [7, 11) is 1.55. The number of carbonyl (C=O) groups excluding carboxylic acids is 1. The van der Waals surface area contributed by atoms with Gasteiger partial charge in [-0.3, -0.25) is 9.48 Å². The van der Waals surface area contributed by atoms with Gasteiger partial charge in [-0.2, -0.15) is 5.10 Å². The first-order chi connectivity index (χ1) is 14.9. The number of rotatable bonds is 5. The summed E-state index contributed by atoms with van der Waals surface area (Å²) in [5, 5.41) is 8.51. The van der Waals surface area contributed by atoms with Crippen LogP contribution < -0.4 is 10.1 Å². The maximum Gasteiger partial charge on any atom is 0.256 e. The number of methoxy groups -OCH3 is 1. The van der Waals surface area contributed by atoms with E-state index in [2.05, 4.69) is 47.4 Å². The van der Waals surface area contributed by atoms with E-state index in [4.69, 9.17) is 4.74 Å². The number of pyridine rings is 1. The van der Waals surface area contributed by atoms with Crippen LogP contribution in [0.25, 0.3) is 10.9 Å². The molecule has 6 nitrogen and oxygen atoms in total. The number of carbonyl (C=O) groups is 1. The van der Waals surface area contributed by atoms with E-state index in [9.17, 15) is 4.79 Å². The van der Waals surface area contributed by atoms with Crippen LogP contribution in [0.2, 0.25) is 0 Å². The van der Waals surface area contributed by atoms with Crippen molar-refractivity contribution in [2.45, 2.75) is 34.2 Å². The predicted molar refractivity (Wildman–Crippen MR) is 123 cm³/mol. The zero-order chi connectivity index (χ0) is 22.1. The fourth-order valence-electron chi connectivity index (χ4n) is 3.99. The first-order valence-electron chi connectivity index (χ1n) is 10.2. The lowest BCUT2D eigenvalue weighted by Crippen LogP contribution is -2.14. The van der Waals surface area contributed by atoms with Gasteiger partial charge in [-0.05, 0) is 39.3 Å². The highest BCUT2D eigenvalue weighted by molar-refractivity contribution is 6.13. The summed E-state index contributed by atoms with van der Waals surface area (Å²) in [5.74, 6) is 0.192. The molecule has 31 heavy (non-hydrogen) atoms. The standard InChI is InChI=1S/C25H26N4O2/c1-15-10-16(2)12-19(11-15)14-29-18(4)24(17(3)28-29)27-25(30)21-13-23(31-5)26-22-9-7-6-8-20(21)22/h6-13H,14H2,1-5H3,(H,27,30). The van der Waals surface area contributed by atoms with Crippen molar-refractivity contribution in [1.29, 1.82) is 0 Å². The van der Waals surface area contributed by atoms with Gasteiger partial charge < -0.3 is 10.1 Å². The minimum Gasteiger partial charge on any atom is -0.481 e. The molecule has 0 atom stereocenters. The van der Waals surface area contributed by atoms with Gasteiger partial charge in [0.2, 0.25) is 5.88 Å². The summed E-state index contributed by atoms with van der Waals surface area (Å²) < 4.78 is 7.23. The van der Waals surface area contributed by atoms with Gasteiger partial charge in [0.25, 0.3) is 5.91 Å². The first-order valence-corrected chi connectivity index (χ1v) is 10.2. The number of ether oxygens (including phenoxy) is 1. The minimum absolute atomic E-state index is 0.214. The molecule has 1 N–H and O–H groups in total. The summed E-state index contributed by atoms with van der Waals surface area (Å²) in [4.78, 5) is 17.7. The number of aryl methyl sites for hydroxylation is 3. The molecule has 0 saturated carbocycles. The van der Waals surface area contributed by atoms with Crippen molar-refractivity contribution < 1.29 is 9.53 Å². The molecule has 4 rings (SSSR count). The number of nitrogens with zero attached hydrogens (tertiary/aromatic N) is 3. The molecule has 2 heterocycles. The van der Waals surface area contributed by atoms with E-state index in [0.29, 0.717) is 23.5 Å². The number of amides is 1. The maximum absolute atomic E-state index is 13.2. The highest BCUT2D eigenvalue weighted by atomic mass is 16.5. The topological polar surface area (TPSA) is 69.0 Å². The lowest BCUT2D eigenvalue weighted by Gasteiger charge is -2.11. The van der Waals surface area contributed by atoms with Crippen LogP contribution in [0.4, 0.5) is 5.69 Å². The Balaban J connectivity index is 1.66. The summed E-state index contributed by atoms with van der Waals surface area (Å²) in [6, 6.07) is 15.7. The molecular formula is C25H26N4O2. The van der Waals surface area contributed by atoms with Crippen molar-refractivity contribution in [1.82, 2.24) is 14.8 Å². The summed E-state index contributed by atoms with van der Waals surface area (Å²) >= 11 is 0. The van der Waals surface area contributed by atoms with E-state index in [1.807, 2.05) is 42.8 Å². The van der Waals surface area contributed by atoms with Crippen LogP contribution in [-0.2, 0) is 6.54 Å². The van der Waals surface area contributed by atoms with Crippen LogP contribution in [0.5, 0.6) is 5.88 Å². The van der Waals surface area contributed by atoms with E-state index in [1.54, 1.807) is 13.2 Å². The highest BCUT2D eigenvalue weighted by Crippen LogP contribution is 2.26. The fourth-order valence-corrected chi connectivity index (χ4v) is 3.99. The molecule has 0 radical (unpaired) electrons. The maximum atomic E-state index is 13.2. The predicted octanol–water partition coefficient (Wildman–Crippen LogP) is 4.97. The van der Waals surface area contributed by atoms with E-state index in [1.165, 1.54) is 16.7 Å². The first kappa shape index (κ1) is 20.6. The molecular weight excluding hydrogens is 388 g/mol. The zero-order valence-corrected chi connectivity index (χ0v) is 18.5. The van der Waals surface area contributed by atoms with Crippen LogP contribution >= 0.6 is 0 Å².